The van der Waals surface area contributed by atoms with E-state index in [0.29, 0.717) is 30.6 Å². The Kier molecular flexibility index (Phi) is 11.2. The molecular formula is C22H32IN3O3S. The minimum absolute atomic E-state index is 0. The standard InChI is InChI=1S/C22H31N3O3S.HI/c1-5-12-28-20-9-7-8-18(14-20)15-24-22(23-6-2)25-16-19-10-11-21(17(3)13-19)29(4,26)27;/h7-11,13-14H,5-6,12,15-16H2,1-4H3,(H2,23,24,25);1H. The van der Waals surface area contributed by atoms with Gasteiger partial charge in [0.05, 0.1) is 18.0 Å². The molecule has 0 spiro atoms. The molecular weight excluding hydrogens is 513 g/mol. The maximum atomic E-state index is 11.8. The van der Waals surface area contributed by atoms with E-state index in [0.717, 1.165) is 35.4 Å². The van der Waals surface area contributed by atoms with E-state index in [1.165, 1.54) is 6.26 Å². The number of hydrogen-bond donors (Lipinski definition) is 2. The summed E-state index contributed by atoms with van der Waals surface area (Å²) in [4.78, 5) is 5.01. The van der Waals surface area contributed by atoms with E-state index in [4.69, 9.17) is 4.74 Å². The number of ether oxygens (including phenoxy) is 1. The predicted molar refractivity (Wildman–Crippen MR) is 134 cm³/mol. The van der Waals surface area contributed by atoms with E-state index >= 15 is 0 Å². The normalized spacial score (nSPS) is 11.5. The average molecular weight is 545 g/mol. The molecule has 0 aliphatic rings. The smallest absolute Gasteiger partial charge is 0.191 e. The minimum atomic E-state index is -3.21. The van der Waals surface area contributed by atoms with Crippen LogP contribution in [0.15, 0.2) is 52.4 Å². The molecule has 30 heavy (non-hydrogen) atoms. The lowest BCUT2D eigenvalue weighted by molar-refractivity contribution is 0.317. The molecule has 0 bridgehead atoms. The van der Waals surface area contributed by atoms with Gasteiger partial charge in [-0.3, -0.25) is 0 Å². The number of nitrogens with one attached hydrogen (secondary N) is 2. The fourth-order valence-corrected chi connectivity index (χ4v) is 3.85. The van der Waals surface area contributed by atoms with Gasteiger partial charge in [0.15, 0.2) is 15.8 Å². The van der Waals surface area contributed by atoms with Gasteiger partial charge in [-0.1, -0.05) is 31.2 Å². The van der Waals surface area contributed by atoms with Crippen molar-refractivity contribution in [2.45, 2.75) is 45.2 Å². The first-order valence-electron chi connectivity index (χ1n) is 9.87. The van der Waals surface area contributed by atoms with Crippen LogP contribution in [0.4, 0.5) is 0 Å². The Morgan fingerprint density at radius 2 is 1.83 bits per heavy atom. The summed E-state index contributed by atoms with van der Waals surface area (Å²) in [6, 6.07) is 13.3. The molecule has 0 saturated carbocycles. The van der Waals surface area contributed by atoms with Crippen molar-refractivity contribution in [1.29, 1.82) is 0 Å². The summed E-state index contributed by atoms with van der Waals surface area (Å²) in [7, 11) is -3.21. The summed E-state index contributed by atoms with van der Waals surface area (Å²) in [6.45, 7) is 8.44. The molecule has 166 valence electrons. The van der Waals surface area contributed by atoms with E-state index in [1.54, 1.807) is 6.07 Å². The molecule has 2 aromatic carbocycles. The van der Waals surface area contributed by atoms with Crippen molar-refractivity contribution in [3.63, 3.8) is 0 Å². The van der Waals surface area contributed by atoms with Gasteiger partial charge in [-0.25, -0.2) is 13.4 Å². The van der Waals surface area contributed by atoms with Crippen LogP contribution in [0.1, 0.15) is 37.0 Å². The molecule has 0 amide bonds. The molecule has 6 nitrogen and oxygen atoms in total. The van der Waals surface area contributed by atoms with Crippen molar-refractivity contribution in [3.8, 4) is 5.75 Å². The highest BCUT2D eigenvalue weighted by Gasteiger charge is 2.11. The number of guanidine groups is 1. The van der Waals surface area contributed by atoms with Gasteiger partial charge in [0.1, 0.15) is 5.75 Å². The SMILES string of the molecule is CCCOc1cccc(CN=C(NCC)NCc2ccc(S(C)(=O)=O)c(C)c2)c1.I. The highest BCUT2D eigenvalue weighted by Crippen LogP contribution is 2.17. The van der Waals surface area contributed by atoms with Gasteiger partial charge >= 0.3 is 0 Å². The van der Waals surface area contributed by atoms with Gasteiger partial charge in [-0.2, -0.15) is 0 Å². The van der Waals surface area contributed by atoms with Crippen LogP contribution in [0, 0.1) is 6.92 Å². The van der Waals surface area contributed by atoms with Crippen LogP contribution in [0.5, 0.6) is 5.75 Å². The summed E-state index contributed by atoms with van der Waals surface area (Å²) in [6.07, 6.45) is 2.20. The van der Waals surface area contributed by atoms with Crippen LogP contribution in [-0.4, -0.2) is 33.8 Å². The minimum Gasteiger partial charge on any atom is -0.494 e. The second-order valence-electron chi connectivity index (χ2n) is 6.92. The number of aliphatic imine (C=N–C) groups is 1. The van der Waals surface area contributed by atoms with Gasteiger partial charge < -0.3 is 15.4 Å². The van der Waals surface area contributed by atoms with Gasteiger partial charge in [0.2, 0.25) is 0 Å². The van der Waals surface area contributed by atoms with Gasteiger partial charge in [-0.15, -0.1) is 24.0 Å². The Bertz CT molecular complexity index is 946. The summed E-state index contributed by atoms with van der Waals surface area (Å²) in [5, 5.41) is 6.53. The Morgan fingerprint density at radius 1 is 1.07 bits per heavy atom. The zero-order valence-corrected chi connectivity index (χ0v) is 21.2. The molecule has 2 rings (SSSR count). The monoisotopic (exact) mass is 545 g/mol. The topological polar surface area (TPSA) is 79.8 Å². The number of sulfone groups is 1. The van der Waals surface area contributed by atoms with Crippen molar-refractivity contribution in [3.05, 3.63) is 59.2 Å². The third kappa shape index (κ3) is 8.51. The first-order valence-corrected chi connectivity index (χ1v) is 11.8. The van der Waals surface area contributed by atoms with E-state index in [9.17, 15) is 8.42 Å². The number of hydrogen-bond acceptors (Lipinski definition) is 4. The van der Waals surface area contributed by atoms with Crippen molar-refractivity contribution >= 4 is 39.8 Å². The van der Waals surface area contributed by atoms with Crippen molar-refractivity contribution in [2.24, 2.45) is 4.99 Å². The highest BCUT2D eigenvalue weighted by molar-refractivity contribution is 14.0. The Morgan fingerprint density at radius 3 is 2.47 bits per heavy atom. The molecule has 0 atom stereocenters. The third-order valence-corrected chi connectivity index (χ3v) is 5.49. The van der Waals surface area contributed by atoms with Crippen LogP contribution in [-0.2, 0) is 22.9 Å². The van der Waals surface area contributed by atoms with Crippen LogP contribution in [0.2, 0.25) is 0 Å². The molecule has 0 fully saturated rings. The van der Waals surface area contributed by atoms with E-state index < -0.39 is 9.84 Å². The Hall–Kier alpha value is -1.81. The zero-order valence-electron chi connectivity index (χ0n) is 18.1. The number of benzene rings is 2. The average Bonchev–Trinajstić information content (AvgIpc) is 2.68. The molecule has 0 aliphatic carbocycles. The van der Waals surface area contributed by atoms with Gasteiger partial charge in [-0.05, 0) is 55.2 Å². The number of aryl methyl sites for hydroxylation is 1. The molecule has 8 heteroatoms. The molecule has 0 heterocycles. The fourth-order valence-electron chi connectivity index (χ4n) is 2.89. The summed E-state index contributed by atoms with van der Waals surface area (Å²) >= 11 is 0. The Labute approximate surface area is 197 Å². The van der Waals surface area contributed by atoms with Crippen LogP contribution in [0.3, 0.4) is 0 Å². The third-order valence-electron chi connectivity index (χ3n) is 4.23. The van der Waals surface area contributed by atoms with E-state index in [-0.39, 0.29) is 24.0 Å². The number of halogens is 1. The molecule has 2 aromatic rings. The van der Waals surface area contributed by atoms with Crippen LogP contribution < -0.4 is 15.4 Å². The van der Waals surface area contributed by atoms with Gasteiger partial charge in [0.25, 0.3) is 0 Å². The Balaban J connectivity index is 0.00000450. The van der Waals surface area contributed by atoms with Crippen molar-refractivity contribution in [1.82, 2.24) is 10.6 Å². The zero-order chi connectivity index (χ0) is 21.3. The highest BCUT2D eigenvalue weighted by atomic mass is 127. The number of rotatable bonds is 9. The fraction of sp³-hybridized carbons (Fsp3) is 0.409. The largest absolute Gasteiger partial charge is 0.494 e. The second-order valence-corrected chi connectivity index (χ2v) is 8.90. The molecule has 0 aromatic heterocycles. The number of nitrogens with zero attached hydrogens (tertiary/aromatic N) is 1. The predicted octanol–water partition coefficient (Wildman–Crippen LogP) is 4.06. The van der Waals surface area contributed by atoms with Gasteiger partial charge in [0, 0.05) is 19.3 Å². The van der Waals surface area contributed by atoms with E-state index in [1.807, 2.05) is 50.2 Å². The van der Waals surface area contributed by atoms with E-state index in [2.05, 4.69) is 22.5 Å². The molecule has 0 saturated heterocycles. The van der Waals surface area contributed by atoms with Crippen LogP contribution in [0.25, 0.3) is 0 Å². The second kappa shape index (κ2) is 12.8. The lowest BCUT2D eigenvalue weighted by atomic mass is 10.1. The summed E-state index contributed by atoms with van der Waals surface area (Å²) < 4.78 is 29.2. The first-order chi connectivity index (χ1) is 13.8. The molecule has 0 aliphatic heterocycles. The summed E-state index contributed by atoms with van der Waals surface area (Å²) in [5.74, 6) is 1.57. The lowest BCUT2D eigenvalue weighted by Crippen LogP contribution is -2.36. The molecule has 2 N–H and O–H groups in total. The quantitative estimate of drug-likeness (QED) is 0.282. The first kappa shape index (κ1) is 26.2. The lowest BCUT2D eigenvalue weighted by Gasteiger charge is -2.13. The summed E-state index contributed by atoms with van der Waals surface area (Å²) in [5.41, 5.74) is 2.82. The van der Waals surface area contributed by atoms with Crippen molar-refractivity contribution < 1.29 is 13.2 Å². The molecule has 0 radical (unpaired) electrons. The molecule has 0 unspecified atom stereocenters. The van der Waals surface area contributed by atoms with Crippen molar-refractivity contribution in [2.75, 3.05) is 19.4 Å². The maximum Gasteiger partial charge on any atom is 0.191 e. The van der Waals surface area contributed by atoms with Crippen LogP contribution >= 0.6 is 24.0 Å². The maximum absolute atomic E-state index is 11.8.